The van der Waals surface area contributed by atoms with Gasteiger partial charge < -0.3 is 9.88 Å². The zero-order valence-corrected chi connectivity index (χ0v) is 12.9. The standard InChI is InChI=1S/C18H26N2/c1-13(2)20-12-15(11-19-16-8-4-5-9-16)17-10-6-7-14(3)18(17)20/h6-7,10,12-13,16,19H,4-5,8-9,11H2,1-3H3. The highest BCUT2D eigenvalue weighted by atomic mass is 15.0. The molecule has 2 nitrogen and oxygen atoms in total. The van der Waals surface area contributed by atoms with Crippen molar-refractivity contribution < 1.29 is 0 Å². The molecule has 0 bridgehead atoms. The smallest absolute Gasteiger partial charge is 0.0515 e. The van der Waals surface area contributed by atoms with Crippen LogP contribution in [0.4, 0.5) is 0 Å². The van der Waals surface area contributed by atoms with Gasteiger partial charge in [-0.05, 0) is 44.7 Å². The maximum Gasteiger partial charge on any atom is 0.0515 e. The Kier molecular flexibility index (Phi) is 3.84. The van der Waals surface area contributed by atoms with E-state index in [4.69, 9.17) is 0 Å². The number of hydrogen-bond donors (Lipinski definition) is 1. The summed E-state index contributed by atoms with van der Waals surface area (Å²) in [5.74, 6) is 0. The molecule has 0 unspecified atom stereocenters. The Morgan fingerprint density at radius 2 is 2.00 bits per heavy atom. The van der Waals surface area contributed by atoms with Crippen molar-refractivity contribution in [1.29, 1.82) is 0 Å². The fourth-order valence-electron chi connectivity index (χ4n) is 3.50. The van der Waals surface area contributed by atoms with Gasteiger partial charge in [-0.3, -0.25) is 0 Å². The van der Waals surface area contributed by atoms with E-state index in [0.29, 0.717) is 6.04 Å². The maximum absolute atomic E-state index is 3.75. The van der Waals surface area contributed by atoms with Crippen molar-refractivity contribution in [1.82, 2.24) is 9.88 Å². The molecule has 0 saturated heterocycles. The Balaban J connectivity index is 1.92. The molecule has 1 aromatic heterocycles. The molecule has 108 valence electrons. The number of aryl methyl sites for hydroxylation is 1. The van der Waals surface area contributed by atoms with E-state index in [0.717, 1.165) is 12.6 Å². The minimum atomic E-state index is 0.513. The van der Waals surface area contributed by atoms with Crippen molar-refractivity contribution >= 4 is 10.9 Å². The monoisotopic (exact) mass is 270 g/mol. The molecule has 20 heavy (non-hydrogen) atoms. The fraction of sp³-hybridized carbons (Fsp3) is 0.556. The van der Waals surface area contributed by atoms with Gasteiger partial charge in [-0.2, -0.15) is 0 Å². The van der Waals surface area contributed by atoms with E-state index < -0.39 is 0 Å². The Labute approximate surface area is 122 Å². The van der Waals surface area contributed by atoms with Crippen LogP contribution in [0.3, 0.4) is 0 Å². The first-order chi connectivity index (χ1) is 9.66. The minimum Gasteiger partial charge on any atom is -0.344 e. The summed E-state index contributed by atoms with van der Waals surface area (Å²) in [5.41, 5.74) is 4.23. The summed E-state index contributed by atoms with van der Waals surface area (Å²) in [6, 6.07) is 7.92. The predicted molar refractivity (Wildman–Crippen MR) is 86.2 cm³/mol. The summed E-state index contributed by atoms with van der Waals surface area (Å²) >= 11 is 0. The van der Waals surface area contributed by atoms with Crippen molar-refractivity contribution in [3.05, 3.63) is 35.5 Å². The third kappa shape index (κ3) is 2.49. The fourth-order valence-corrected chi connectivity index (χ4v) is 3.50. The molecule has 2 aromatic rings. The summed E-state index contributed by atoms with van der Waals surface area (Å²) in [6.07, 6.45) is 7.84. The lowest BCUT2D eigenvalue weighted by molar-refractivity contribution is 0.523. The third-order valence-corrected chi connectivity index (χ3v) is 4.63. The number of para-hydroxylation sites is 1. The van der Waals surface area contributed by atoms with Gasteiger partial charge in [0.15, 0.2) is 0 Å². The molecule has 0 atom stereocenters. The summed E-state index contributed by atoms with van der Waals surface area (Å²) in [4.78, 5) is 0. The van der Waals surface area contributed by atoms with Gasteiger partial charge in [-0.25, -0.2) is 0 Å². The Morgan fingerprint density at radius 1 is 1.25 bits per heavy atom. The van der Waals surface area contributed by atoms with Gasteiger partial charge in [0.05, 0.1) is 5.52 Å². The Hall–Kier alpha value is -1.28. The van der Waals surface area contributed by atoms with Gasteiger partial charge in [0.2, 0.25) is 0 Å². The van der Waals surface area contributed by atoms with Crippen LogP contribution in [0.15, 0.2) is 24.4 Å². The lowest BCUT2D eigenvalue weighted by Crippen LogP contribution is -2.25. The first kappa shape index (κ1) is 13.7. The molecule has 0 spiro atoms. The molecule has 3 rings (SSSR count). The van der Waals surface area contributed by atoms with Crippen LogP contribution in [0.25, 0.3) is 10.9 Å². The SMILES string of the molecule is Cc1cccc2c(CNC3CCCC3)cn(C(C)C)c12. The first-order valence-electron chi connectivity index (χ1n) is 7.99. The molecule has 1 aliphatic carbocycles. The lowest BCUT2D eigenvalue weighted by Gasteiger charge is -2.11. The number of nitrogens with zero attached hydrogens (tertiary/aromatic N) is 1. The summed E-state index contributed by atoms with van der Waals surface area (Å²) in [7, 11) is 0. The third-order valence-electron chi connectivity index (χ3n) is 4.63. The molecule has 1 heterocycles. The summed E-state index contributed by atoms with van der Waals surface area (Å²) in [6.45, 7) is 7.75. The van der Waals surface area contributed by atoms with Crippen LogP contribution in [0, 0.1) is 6.92 Å². The largest absolute Gasteiger partial charge is 0.344 e. The zero-order chi connectivity index (χ0) is 14.1. The average Bonchev–Trinajstić information content (AvgIpc) is 3.04. The molecular weight excluding hydrogens is 244 g/mol. The van der Waals surface area contributed by atoms with Crippen LogP contribution in [0.5, 0.6) is 0 Å². The minimum absolute atomic E-state index is 0.513. The van der Waals surface area contributed by atoms with Gasteiger partial charge >= 0.3 is 0 Å². The van der Waals surface area contributed by atoms with Crippen LogP contribution in [0.2, 0.25) is 0 Å². The van der Waals surface area contributed by atoms with E-state index in [9.17, 15) is 0 Å². The molecule has 0 amide bonds. The van der Waals surface area contributed by atoms with E-state index in [2.05, 4.69) is 55.1 Å². The van der Waals surface area contributed by atoms with Crippen molar-refractivity contribution in [2.45, 2.75) is 65.1 Å². The molecular formula is C18H26N2. The second-order valence-corrected chi connectivity index (χ2v) is 6.49. The quantitative estimate of drug-likeness (QED) is 0.861. The van der Waals surface area contributed by atoms with Gasteiger partial charge in [0.25, 0.3) is 0 Å². The Bertz CT molecular complexity index is 589. The second kappa shape index (κ2) is 5.61. The van der Waals surface area contributed by atoms with Crippen LogP contribution in [-0.4, -0.2) is 10.6 Å². The maximum atomic E-state index is 3.75. The van der Waals surface area contributed by atoms with Crippen LogP contribution < -0.4 is 5.32 Å². The highest BCUT2D eigenvalue weighted by molar-refractivity contribution is 5.86. The molecule has 2 heteroatoms. The lowest BCUT2D eigenvalue weighted by atomic mass is 10.1. The number of aromatic nitrogens is 1. The predicted octanol–water partition coefficient (Wildman–Crippen LogP) is 4.56. The normalized spacial score (nSPS) is 16.6. The van der Waals surface area contributed by atoms with Gasteiger partial charge in [-0.1, -0.05) is 31.0 Å². The molecule has 1 fully saturated rings. The number of nitrogens with one attached hydrogen (secondary N) is 1. The Morgan fingerprint density at radius 3 is 2.70 bits per heavy atom. The van der Waals surface area contributed by atoms with Crippen LogP contribution in [0.1, 0.15) is 56.7 Å². The molecule has 0 radical (unpaired) electrons. The highest BCUT2D eigenvalue weighted by Crippen LogP contribution is 2.28. The van der Waals surface area contributed by atoms with Crippen molar-refractivity contribution in [2.24, 2.45) is 0 Å². The molecule has 1 saturated carbocycles. The number of fused-ring (bicyclic) bond motifs is 1. The van der Waals surface area contributed by atoms with Crippen LogP contribution in [-0.2, 0) is 6.54 Å². The van der Waals surface area contributed by atoms with E-state index >= 15 is 0 Å². The van der Waals surface area contributed by atoms with E-state index in [1.807, 2.05) is 0 Å². The summed E-state index contributed by atoms with van der Waals surface area (Å²) in [5, 5.41) is 5.17. The van der Waals surface area contributed by atoms with Crippen LogP contribution >= 0.6 is 0 Å². The zero-order valence-electron chi connectivity index (χ0n) is 12.9. The molecule has 1 N–H and O–H groups in total. The second-order valence-electron chi connectivity index (χ2n) is 6.49. The van der Waals surface area contributed by atoms with Gasteiger partial charge in [-0.15, -0.1) is 0 Å². The number of hydrogen-bond acceptors (Lipinski definition) is 1. The average molecular weight is 270 g/mol. The van der Waals surface area contributed by atoms with Gasteiger partial charge in [0.1, 0.15) is 0 Å². The summed E-state index contributed by atoms with van der Waals surface area (Å²) < 4.78 is 2.43. The van der Waals surface area contributed by atoms with E-state index in [1.165, 1.54) is 47.7 Å². The van der Waals surface area contributed by atoms with Crippen molar-refractivity contribution in [3.63, 3.8) is 0 Å². The first-order valence-corrected chi connectivity index (χ1v) is 7.99. The highest BCUT2D eigenvalue weighted by Gasteiger charge is 2.16. The molecule has 1 aliphatic rings. The van der Waals surface area contributed by atoms with E-state index in [1.54, 1.807) is 0 Å². The molecule has 0 aliphatic heterocycles. The van der Waals surface area contributed by atoms with Gasteiger partial charge in [0, 0.05) is 30.2 Å². The number of rotatable bonds is 4. The van der Waals surface area contributed by atoms with E-state index in [-0.39, 0.29) is 0 Å². The number of benzene rings is 1. The molecule has 1 aromatic carbocycles. The topological polar surface area (TPSA) is 17.0 Å². The van der Waals surface area contributed by atoms with Crippen molar-refractivity contribution in [2.75, 3.05) is 0 Å². The van der Waals surface area contributed by atoms with Crippen molar-refractivity contribution in [3.8, 4) is 0 Å².